The van der Waals surface area contributed by atoms with Crippen molar-refractivity contribution < 1.29 is 14.3 Å². The molecular weight excluding hydrogens is 168 g/mol. The van der Waals surface area contributed by atoms with Crippen molar-refractivity contribution in [2.75, 3.05) is 20.8 Å². The van der Waals surface area contributed by atoms with Crippen LogP contribution >= 0.6 is 0 Å². The fourth-order valence-corrected chi connectivity index (χ4v) is 0.691. The second kappa shape index (κ2) is 5.60. The maximum Gasteiger partial charge on any atom is 0.384 e. The van der Waals surface area contributed by atoms with Gasteiger partial charge in [-0.3, -0.25) is 0 Å². The Balaban J connectivity index is 4.11. The molecule has 0 saturated carbocycles. The van der Waals surface area contributed by atoms with Crippen LogP contribution in [0.15, 0.2) is 0 Å². The lowest BCUT2D eigenvalue weighted by atomic mass is 9.91. The van der Waals surface area contributed by atoms with Crippen LogP contribution in [0.3, 0.4) is 0 Å². The van der Waals surface area contributed by atoms with E-state index in [2.05, 4.69) is 16.6 Å². The van der Waals surface area contributed by atoms with Crippen molar-refractivity contribution in [2.45, 2.75) is 20.3 Å². The number of carbonyl (C=O) groups is 1. The lowest BCUT2D eigenvalue weighted by molar-refractivity contribution is -0.133. The summed E-state index contributed by atoms with van der Waals surface area (Å²) < 4.78 is 9.33. The zero-order valence-electron chi connectivity index (χ0n) is 8.64. The zero-order chi connectivity index (χ0) is 10.3. The molecule has 0 radical (unpaired) electrons. The maximum atomic E-state index is 10.7. The minimum absolute atomic E-state index is 0.204. The number of hydrogen-bond acceptors (Lipinski definition) is 3. The lowest BCUT2D eigenvalue weighted by Crippen LogP contribution is -2.12. The molecule has 0 rings (SSSR count). The van der Waals surface area contributed by atoms with Gasteiger partial charge in [0.2, 0.25) is 0 Å². The van der Waals surface area contributed by atoms with Crippen LogP contribution in [0.4, 0.5) is 0 Å². The second-order valence-electron chi connectivity index (χ2n) is 3.37. The minimum Gasteiger partial charge on any atom is -0.459 e. The van der Waals surface area contributed by atoms with E-state index in [9.17, 15) is 4.79 Å². The average Bonchev–Trinajstić information content (AvgIpc) is 2.11. The quantitative estimate of drug-likeness (QED) is 0.376. The van der Waals surface area contributed by atoms with E-state index in [0.29, 0.717) is 6.61 Å². The number of esters is 1. The normalized spacial score (nSPS) is 10.2. The summed E-state index contributed by atoms with van der Waals surface area (Å²) in [5, 5.41) is 0. The van der Waals surface area contributed by atoms with Gasteiger partial charge in [0.15, 0.2) is 0 Å². The highest BCUT2D eigenvalue weighted by Gasteiger charge is 2.13. The van der Waals surface area contributed by atoms with E-state index in [1.807, 2.05) is 13.8 Å². The third kappa shape index (κ3) is 6.18. The predicted octanol–water partition coefficient (Wildman–Crippen LogP) is 1.23. The summed E-state index contributed by atoms with van der Waals surface area (Å²) in [5.74, 6) is 4.76. The Kier molecular flexibility index (Phi) is 5.17. The topological polar surface area (TPSA) is 35.5 Å². The number of ether oxygens (including phenoxy) is 2. The van der Waals surface area contributed by atoms with Gasteiger partial charge in [-0.1, -0.05) is 5.92 Å². The first-order chi connectivity index (χ1) is 6.02. The van der Waals surface area contributed by atoms with Gasteiger partial charge in [-0.15, -0.1) is 0 Å². The van der Waals surface area contributed by atoms with Gasteiger partial charge < -0.3 is 9.47 Å². The Morgan fingerprint density at radius 1 is 1.38 bits per heavy atom. The van der Waals surface area contributed by atoms with E-state index in [0.717, 1.165) is 6.42 Å². The monoisotopic (exact) mass is 184 g/mol. The summed E-state index contributed by atoms with van der Waals surface area (Å²) in [6.07, 6.45) is 0.799. The molecule has 0 bridgehead atoms. The van der Waals surface area contributed by atoms with Crippen molar-refractivity contribution in [1.29, 1.82) is 0 Å². The summed E-state index contributed by atoms with van der Waals surface area (Å²) >= 11 is 0. The van der Waals surface area contributed by atoms with Gasteiger partial charge in [0, 0.05) is 25.1 Å². The van der Waals surface area contributed by atoms with E-state index >= 15 is 0 Å². The first-order valence-electron chi connectivity index (χ1n) is 4.12. The van der Waals surface area contributed by atoms with Crippen molar-refractivity contribution >= 4 is 5.97 Å². The standard InChI is InChI=1S/C10H16O3/c1-10(2,7-8-12-3)6-5-9(11)13-4/h7-8H2,1-4H3. The van der Waals surface area contributed by atoms with Crippen LogP contribution in [-0.2, 0) is 14.3 Å². The van der Waals surface area contributed by atoms with E-state index in [4.69, 9.17) is 4.74 Å². The first kappa shape index (κ1) is 12.0. The second-order valence-corrected chi connectivity index (χ2v) is 3.37. The highest BCUT2D eigenvalue weighted by Crippen LogP contribution is 2.18. The van der Waals surface area contributed by atoms with E-state index in [1.54, 1.807) is 7.11 Å². The molecule has 0 atom stereocenters. The van der Waals surface area contributed by atoms with Crippen LogP contribution in [0, 0.1) is 17.3 Å². The van der Waals surface area contributed by atoms with Crippen LogP contribution in [0.1, 0.15) is 20.3 Å². The van der Waals surface area contributed by atoms with Crippen molar-refractivity contribution in [2.24, 2.45) is 5.41 Å². The molecule has 0 spiro atoms. The van der Waals surface area contributed by atoms with Crippen molar-refractivity contribution in [1.82, 2.24) is 0 Å². The fraction of sp³-hybridized carbons (Fsp3) is 0.700. The molecule has 0 heterocycles. The molecule has 0 amide bonds. The molecule has 0 fully saturated rings. The molecule has 3 heteroatoms. The van der Waals surface area contributed by atoms with Gasteiger partial charge in [-0.2, -0.15) is 0 Å². The zero-order valence-corrected chi connectivity index (χ0v) is 8.64. The van der Waals surface area contributed by atoms with Gasteiger partial charge in [-0.05, 0) is 20.3 Å². The molecule has 0 aliphatic rings. The fourth-order valence-electron chi connectivity index (χ4n) is 0.691. The van der Waals surface area contributed by atoms with Gasteiger partial charge in [0.25, 0.3) is 0 Å². The third-order valence-corrected chi connectivity index (χ3v) is 1.62. The molecule has 0 saturated heterocycles. The molecule has 0 aliphatic heterocycles. The van der Waals surface area contributed by atoms with E-state index in [1.165, 1.54) is 7.11 Å². The van der Waals surface area contributed by atoms with Crippen molar-refractivity contribution in [3.8, 4) is 11.8 Å². The predicted molar refractivity (Wildman–Crippen MR) is 50.1 cm³/mol. The molecule has 3 nitrogen and oxygen atoms in total. The van der Waals surface area contributed by atoms with Gasteiger partial charge in [-0.25, -0.2) is 4.79 Å². The van der Waals surface area contributed by atoms with Crippen molar-refractivity contribution in [3.63, 3.8) is 0 Å². The molecular formula is C10H16O3. The molecule has 13 heavy (non-hydrogen) atoms. The van der Waals surface area contributed by atoms with E-state index in [-0.39, 0.29) is 5.41 Å². The van der Waals surface area contributed by atoms with Gasteiger partial charge >= 0.3 is 5.97 Å². The van der Waals surface area contributed by atoms with E-state index < -0.39 is 5.97 Å². The van der Waals surface area contributed by atoms with Crippen LogP contribution in [0.5, 0.6) is 0 Å². The number of rotatable bonds is 3. The summed E-state index contributed by atoms with van der Waals surface area (Å²) in [4.78, 5) is 10.7. The van der Waals surface area contributed by atoms with Crippen LogP contribution in [0.25, 0.3) is 0 Å². The first-order valence-corrected chi connectivity index (χ1v) is 4.12. The highest BCUT2D eigenvalue weighted by atomic mass is 16.5. The Labute approximate surface area is 79.4 Å². The minimum atomic E-state index is -0.495. The molecule has 0 aromatic heterocycles. The largest absolute Gasteiger partial charge is 0.459 e. The highest BCUT2D eigenvalue weighted by molar-refractivity contribution is 5.88. The van der Waals surface area contributed by atoms with Crippen LogP contribution in [0.2, 0.25) is 0 Å². The summed E-state index contributed by atoms with van der Waals surface area (Å²) in [6, 6.07) is 0. The summed E-state index contributed by atoms with van der Waals surface area (Å²) in [6.45, 7) is 4.56. The number of carbonyl (C=O) groups excluding carboxylic acids is 1. The smallest absolute Gasteiger partial charge is 0.384 e. The summed E-state index contributed by atoms with van der Waals surface area (Å²) in [7, 11) is 2.96. The lowest BCUT2D eigenvalue weighted by Gasteiger charge is -2.15. The van der Waals surface area contributed by atoms with Gasteiger partial charge in [0.1, 0.15) is 0 Å². The van der Waals surface area contributed by atoms with Gasteiger partial charge in [0.05, 0.1) is 7.11 Å². The average molecular weight is 184 g/mol. The van der Waals surface area contributed by atoms with Crippen LogP contribution < -0.4 is 0 Å². The molecule has 0 aliphatic carbocycles. The Bertz CT molecular complexity index is 220. The molecule has 0 aromatic carbocycles. The Morgan fingerprint density at radius 2 is 2.00 bits per heavy atom. The van der Waals surface area contributed by atoms with Crippen LogP contribution in [-0.4, -0.2) is 26.8 Å². The molecule has 74 valence electrons. The number of hydrogen-bond donors (Lipinski definition) is 0. The Morgan fingerprint density at radius 3 is 2.46 bits per heavy atom. The molecule has 0 N–H and O–H groups in total. The maximum absolute atomic E-state index is 10.7. The summed E-state index contributed by atoms with van der Waals surface area (Å²) in [5.41, 5.74) is -0.204. The third-order valence-electron chi connectivity index (χ3n) is 1.62. The SMILES string of the molecule is COCCC(C)(C)C#CC(=O)OC. The Hall–Kier alpha value is -1.01. The molecule has 0 aromatic rings. The van der Waals surface area contributed by atoms with Crippen molar-refractivity contribution in [3.05, 3.63) is 0 Å². The molecule has 0 unspecified atom stereocenters. The number of methoxy groups -OCH3 is 2.